The summed E-state index contributed by atoms with van der Waals surface area (Å²) >= 11 is 0. The number of benzene rings is 1. The van der Waals surface area contributed by atoms with Crippen molar-refractivity contribution in [3.63, 3.8) is 0 Å². The molecule has 1 aliphatic rings. The largest absolute Gasteiger partial charge is 0.511 e. The van der Waals surface area contributed by atoms with E-state index in [1.807, 2.05) is 0 Å². The maximum Gasteiger partial charge on any atom is 0.211 e. The second-order valence-electron chi connectivity index (χ2n) is 4.63. The lowest BCUT2D eigenvalue weighted by atomic mass is 9.90. The van der Waals surface area contributed by atoms with Gasteiger partial charge in [-0.2, -0.15) is 0 Å². The van der Waals surface area contributed by atoms with Gasteiger partial charge in [-0.25, -0.2) is 0 Å². The Labute approximate surface area is 123 Å². The summed E-state index contributed by atoms with van der Waals surface area (Å²) in [5, 5.41) is 10.1. The van der Waals surface area contributed by atoms with E-state index in [0.29, 0.717) is 11.3 Å². The quantitative estimate of drug-likeness (QED) is 0.513. The molecular formula is C16H18O5. The Balaban J connectivity index is 2.27. The number of rotatable bonds is 5. The zero-order chi connectivity index (χ0) is 15.5. The molecule has 21 heavy (non-hydrogen) atoms. The van der Waals surface area contributed by atoms with Crippen LogP contribution < -0.4 is 4.74 Å². The fraction of sp³-hybridized carbons (Fsp3) is 0.312. The lowest BCUT2D eigenvalue weighted by molar-refractivity contribution is -0.136. The predicted octanol–water partition coefficient (Wildman–Crippen LogP) is 2.49. The molecule has 1 unspecified atom stereocenters. The third-order valence-corrected chi connectivity index (χ3v) is 3.46. The van der Waals surface area contributed by atoms with Crippen molar-refractivity contribution >= 4 is 5.78 Å². The minimum atomic E-state index is -1.13. The van der Waals surface area contributed by atoms with Crippen LogP contribution in [0.25, 0.3) is 0 Å². The van der Waals surface area contributed by atoms with Gasteiger partial charge in [-0.3, -0.25) is 4.79 Å². The molecule has 2 rings (SSSR count). The first-order valence-corrected chi connectivity index (χ1v) is 6.45. The number of aliphatic hydroxyl groups is 1. The van der Waals surface area contributed by atoms with E-state index in [2.05, 4.69) is 0 Å². The summed E-state index contributed by atoms with van der Waals surface area (Å²) in [6.45, 7) is 0. The van der Waals surface area contributed by atoms with E-state index in [9.17, 15) is 9.90 Å². The first-order valence-electron chi connectivity index (χ1n) is 6.45. The van der Waals surface area contributed by atoms with Gasteiger partial charge in [0.05, 0.1) is 13.0 Å². The number of hydrogen-bond donors (Lipinski definition) is 1. The van der Waals surface area contributed by atoms with Crippen LogP contribution in [0.15, 0.2) is 48.3 Å². The minimum absolute atomic E-state index is 0.103. The molecule has 0 heterocycles. The van der Waals surface area contributed by atoms with E-state index in [4.69, 9.17) is 14.2 Å². The lowest BCUT2D eigenvalue weighted by Gasteiger charge is -2.29. The molecule has 0 radical (unpaired) electrons. The lowest BCUT2D eigenvalue weighted by Crippen LogP contribution is -2.33. The SMILES string of the molecule is COc1cccc(C(=O)C2C=CC(OC)(OC)C=C2O)c1. The predicted molar refractivity (Wildman–Crippen MR) is 77.4 cm³/mol. The highest BCUT2D eigenvalue weighted by molar-refractivity contribution is 6.00. The number of aliphatic hydroxyl groups excluding tert-OH is 1. The second-order valence-corrected chi connectivity index (χ2v) is 4.63. The van der Waals surface area contributed by atoms with Crippen LogP contribution in [0.5, 0.6) is 5.75 Å². The molecule has 1 aliphatic carbocycles. The van der Waals surface area contributed by atoms with Crippen LogP contribution in [0.3, 0.4) is 0 Å². The standard InChI is InChI=1S/C16H18O5/c1-19-12-6-4-5-11(9-12)15(18)13-7-8-16(20-2,21-3)10-14(13)17/h4-10,13,17H,1-3H3. The van der Waals surface area contributed by atoms with Crippen LogP contribution in [0.4, 0.5) is 0 Å². The van der Waals surface area contributed by atoms with Gasteiger partial charge < -0.3 is 19.3 Å². The van der Waals surface area contributed by atoms with Gasteiger partial charge >= 0.3 is 0 Å². The van der Waals surface area contributed by atoms with Crippen molar-refractivity contribution in [2.24, 2.45) is 5.92 Å². The minimum Gasteiger partial charge on any atom is -0.511 e. The molecule has 1 aromatic carbocycles. The summed E-state index contributed by atoms with van der Waals surface area (Å²) in [5.41, 5.74) is 0.464. The van der Waals surface area contributed by atoms with Crippen LogP contribution in [0.2, 0.25) is 0 Å². The first kappa shape index (κ1) is 15.3. The van der Waals surface area contributed by atoms with Crippen LogP contribution in [0, 0.1) is 5.92 Å². The molecule has 0 aromatic heterocycles. The van der Waals surface area contributed by atoms with Crippen molar-refractivity contribution in [1.82, 2.24) is 0 Å². The number of carbonyl (C=O) groups is 1. The number of Topliss-reactive ketones (excluding diaryl/α,β-unsaturated/α-hetero) is 1. The summed E-state index contributed by atoms with van der Waals surface area (Å²) in [6.07, 6.45) is 4.56. The molecule has 0 bridgehead atoms. The molecule has 0 saturated heterocycles. The number of carbonyl (C=O) groups excluding carboxylic acids is 1. The van der Waals surface area contributed by atoms with E-state index in [1.54, 1.807) is 36.4 Å². The van der Waals surface area contributed by atoms with E-state index in [-0.39, 0.29) is 11.5 Å². The molecule has 1 aromatic rings. The Hall–Kier alpha value is -2.11. The average Bonchev–Trinajstić information content (AvgIpc) is 2.54. The third kappa shape index (κ3) is 2.99. The van der Waals surface area contributed by atoms with Crippen LogP contribution >= 0.6 is 0 Å². The van der Waals surface area contributed by atoms with E-state index < -0.39 is 11.7 Å². The van der Waals surface area contributed by atoms with Crippen LogP contribution in [0.1, 0.15) is 10.4 Å². The Morgan fingerprint density at radius 3 is 2.52 bits per heavy atom. The number of ether oxygens (including phenoxy) is 3. The fourth-order valence-corrected chi connectivity index (χ4v) is 2.19. The normalized spacial score (nSPS) is 20.0. The molecule has 5 nitrogen and oxygen atoms in total. The highest BCUT2D eigenvalue weighted by Gasteiger charge is 2.33. The van der Waals surface area contributed by atoms with Gasteiger partial charge in [0.2, 0.25) is 5.79 Å². The monoisotopic (exact) mass is 290 g/mol. The Bertz CT molecular complexity index is 584. The van der Waals surface area contributed by atoms with Gasteiger partial charge in [0.25, 0.3) is 0 Å². The summed E-state index contributed by atoms with van der Waals surface area (Å²) in [4.78, 5) is 12.5. The van der Waals surface area contributed by atoms with E-state index >= 15 is 0 Å². The third-order valence-electron chi connectivity index (χ3n) is 3.46. The molecule has 1 atom stereocenters. The average molecular weight is 290 g/mol. The highest BCUT2D eigenvalue weighted by atomic mass is 16.7. The second kappa shape index (κ2) is 6.11. The molecule has 5 heteroatoms. The van der Waals surface area contributed by atoms with Crippen molar-refractivity contribution in [3.05, 3.63) is 53.8 Å². The van der Waals surface area contributed by atoms with Crippen molar-refractivity contribution in [1.29, 1.82) is 0 Å². The van der Waals surface area contributed by atoms with Crippen molar-refractivity contribution in [2.75, 3.05) is 21.3 Å². The van der Waals surface area contributed by atoms with E-state index in [1.165, 1.54) is 27.4 Å². The van der Waals surface area contributed by atoms with Gasteiger partial charge in [-0.05, 0) is 18.2 Å². The summed E-state index contributed by atoms with van der Waals surface area (Å²) in [5.74, 6) is -1.62. The summed E-state index contributed by atoms with van der Waals surface area (Å²) in [6, 6.07) is 6.80. The molecule has 112 valence electrons. The van der Waals surface area contributed by atoms with Crippen molar-refractivity contribution in [2.45, 2.75) is 5.79 Å². The van der Waals surface area contributed by atoms with Gasteiger partial charge in [0.15, 0.2) is 5.78 Å². The van der Waals surface area contributed by atoms with Crippen LogP contribution in [-0.4, -0.2) is 38.0 Å². The van der Waals surface area contributed by atoms with Crippen LogP contribution in [-0.2, 0) is 9.47 Å². The maximum absolute atomic E-state index is 12.5. The Morgan fingerprint density at radius 1 is 1.24 bits per heavy atom. The zero-order valence-corrected chi connectivity index (χ0v) is 12.2. The molecule has 0 saturated carbocycles. The number of ketones is 1. The van der Waals surface area contributed by atoms with Crippen molar-refractivity contribution < 1.29 is 24.1 Å². The number of hydrogen-bond acceptors (Lipinski definition) is 5. The molecule has 1 N–H and O–H groups in total. The molecule has 0 amide bonds. The van der Waals surface area contributed by atoms with Gasteiger partial charge in [0.1, 0.15) is 11.5 Å². The van der Waals surface area contributed by atoms with Gasteiger partial charge in [-0.1, -0.05) is 18.2 Å². The van der Waals surface area contributed by atoms with E-state index in [0.717, 1.165) is 0 Å². The zero-order valence-electron chi connectivity index (χ0n) is 12.2. The topological polar surface area (TPSA) is 65.0 Å². The fourth-order valence-electron chi connectivity index (χ4n) is 2.19. The van der Waals surface area contributed by atoms with Gasteiger partial charge in [-0.15, -0.1) is 0 Å². The van der Waals surface area contributed by atoms with Crippen molar-refractivity contribution in [3.8, 4) is 5.75 Å². The Morgan fingerprint density at radius 2 is 1.95 bits per heavy atom. The maximum atomic E-state index is 12.5. The Kier molecular flexibility index (Phi) is 4.45. The molecule has 0 fully saturated rings. The smallest absolute Gasteiger partial charge is 0.211 e. The van der Waals surface area contributed by atoms with Gasteiger partial charge in [0, 0.05) is 25.9 Å². The number of methoxy groups -OCH3 is 3. The first-order chi connectivity index (χ1) is 10.0. The number of allylic oxidation sites excluding steroid dienone is 1. The summed E-state index contributed by atoms with van der Waals surface area (Å²) < 4.78 is 15.5. The molecular weight excluding hydrogens is 272 g/mol. The molecule has 0 aliphatic heterocycles. The highest BCUT2D eigenvalue weighted by Crippen LogP contribution is 2.29. The molecule has 0 spiro atoms. The summed E-state index contributed by atoms with van der Waals surface area (Å²) in [7, 11) is 4.46.